The van der Waals surface area contributed by atoms with Gasteiger partial charge in [-0.2, -0.15) is 0 Å². The minimum Gasteiger partial charge on any atom is -0.384 e. The van der Waals surface area contributed by atoms with Gasteiger partial charge in [0.2, 0.25) is 0 Å². The van der Waals surface area contributed by atoms with Gasteiger partial charge in [-0.3, -0.25) is 4.90 Å². The van der Waals surface area contributed by atoms with E-state index in [9.17, 15) is 0 Å². The van der Waals surface area contributed by atoms with Gasteiger partial charge in [-0.05, 0) is 35.9 Å². The Hall–Kier alpha value is -1.78. The van der Waals surface area contributed by atoms with Gasteiger partial charge in [0.15, 0.2) is 0 Å². The van der Waals surface area contributed by atoms with Gasteiger partial charge in [0.1, 0.15) is 5.82 Å². The molecule has 0 bridgehead atoms. The Morgan fingerprint density at radius 3 is 2.62 bits per heavy atom. The van der Waals surface area contributed by atoms with Crippen LogP contribution < -0.4 is 10.6 Å². The highest BCUT2D eigenvalue weighted by Gasteiger charge is 2.17. The predicted molar refractivity (Wildman–Crippen MR) is 87.6 cm³/mol. The van der Waals surface area contributed by atoms with E-state index in [0.29, 0.717) is 5.82 Å². The second kappa shape index (κ2) is 6.33. The van der Waals surface area contributed by atoms with Crippen LogP contribution in [0.4, 0.5) is 11.5 Å². The molecule has 0 radical (unpaired) electrons. The fourth-order valence-corrected chi connectivity index (χ4v) is 2.87. The number of nitrogens with zero attached hydrogens (tertiary/aromatic N) is 3. The molecule has 0 spiro atoms. The van der Waals surface area contributed by atoms with Gasteiger partial charge in [0.25, 0.3) is 0 Å². The first-order valence-corrected chi connectivity index (χ1v) is 7.52. The van der Waals surface area contributed by atoms with Gasteiger partial charge in [0, 0.05) is 49.6 Å². The van der Waals surface area contributed by atoms with Gasteiger partial charge >= 0.3 is 0 Å². The van der Waals surface area contributed by atoms with E-state index in [0.717, 1.165) is 37.7 Å². The number of aromatic nitrogens is 1. The van der Waals surface area contributed by atoms with Crippen LogP contribution >= 0.6 is 11.6 Å². The second-order valence-electron chi connectivity index (χ2n) is 5.33. The first kappa shape index (κ1) is 14.2. The third-order valence-electron chi connectivity index (χ3n) is 3.80. The van der Waals surface area contributed by atoms with Crippen LogP contribution in [0.15, 0.2) is 42.6 Å². The van der Waals surface area contributed by atoms with Crippen molar-refractivity contribution in [3.05, 3.63) is 53.2 Å². The summed E-state index contributed by atoms with van der Waals surface area (Å²) < 4.78 is 0. The Bertz CT molecular complexity index is 609. The number of hydrogen-bond donors (Lipinski definition) is 1. The number of rotatable bonds is 3. The van der Waals surface area contributed by atoms with Crippen molar-refractivity contribution in [3.63, 3.8) is 0 Å². The quantitative estimate of drug-likeness (QED) is 0.947. The molecule has 1 aromatic heterocycles. The average Bonchev–Trinajstić information content (AvgIpc) is 2.48. The highest BCUT2D eigenvalue weighted by molar-refractivity contribution is 6.30. The lowest BCUT2D eigenvalue weighted by molar-refractivity contribution is 0.250. The third-order valence-corrected chi connectivity index (χ3v) is 4.03. The van der Waals surface area contributed by atoms with Crippen molar-refractivity contribution in [3.8, 4) is 0 Å². The lowest BCUT2D eigenvalue weighted by Crippen LogP contribution is -2.45. The van der Waals surface area contributed by atoms with Crippen molar-refractivity contribution in [1.29, 1.82) is 0 Å². The molecule has 2 heterocycles. The van der Waals surface area contributed by atoms with Crippen LogP contribution in [0, 0.1) is 0 Å². The Morgan fingerprint density at radius 1 is 1.10 bits per heavy atom. The first-order chi connectivity index (χ1) is 10.2. The van der Waals surface area contributed by atoms with Crippen LogP contribution in [-0.2, 0) is 6.54 Å². The van der Waals surface area contributed by atoms with Crippen molar-refractivity contribution in [2.24, 2.45) is 0 Å². The van der Waals surface area contributed by atoms with Gasteiger partial charge < -0.3 is 10.6 Å². The van der Waals surface area contributed by atoms with Crippen LogP contribution in [0.3, 0.4) is 0 Å². The van der Waals surface area contributed by atoms with Crippen LogP contribution in [-0.4, -0.2) is 36.1 Å². The number of anilines is 2. The highest BCUT2D eigenvalue weighted by atomic mass is 35.5. The lowest BCUT2D eigenvalue weighted by Gasteiger charge is -2.36. The van der Waals surface area contributed by atoms with Crippen molar-refractivity contribution in [2.75, 3.05) is 36.8 Å². The van der Waals surface area contributed by atoms with E-state index in [1.165, 1.54) is 11.3 Å². The number of nitrogens with two attached hydrogens (primary N) is 1. The van der Waals surface area contributed by atoms with Gasteiger partial charge in [-0.15, -0.1) is 0 Å². The first-order valence-electron chi connectivity index (χ1n) is 7.14. The molecule has 2 aromatic rings. The molecule has 110 valence electrons. The fraction of sp³-hybridized carbons (Fsp3) is 0.312. The molecule has 21 heavy (non-hydrogen) atoms. The summed E-state index contributed by atoms with van der Waals surface area (Å²) in [5.41, 5.74) is 8.15. The number of nitrogen functional groups attached to an aromatic ring is 1. The summed E-state index contributed by atoms with van der Waals surface area (Å²) in [4.78, 5) is 8.85. The summed E-state index contributed by atoms with van der Waals surface area (Å²) >= 11 is 6.06. The van der Waals surface area contributed by atoms with Crippen molar-refractivity contribution < 1.29 is 0 Å². The molecule has 0 aliphatic carbocycles. The summed E-state index contributed by atoms with van der Waals surface area (Å²) in [6, 6.07) is 12.0. The van der Waals surface area contributed by atoms with E-state index in [-0.39, 0.29) is 0 Å². The SMILES string of the molecule is Nc1cc(CN2CCN(c3cccc(Cl)c3)CC2)ccn1. The van der Waals surface area contributed by atoms with Gasteiger partial charge in [-0.1, -0.05) is 17.7 Å². The molecule has 4 nitrogen and oxygen atoms in total. The van der Waals surface area contributed by atoms with Crippen molar-refractivity contribution >= 4 is 23.1 Å². The Labute approximate surface area is 130 Å². The number of benzene rings is 1. The molecule has 0 atom stereocenters. The Balaban J connectivity index is 1.58. The highest BCUT2D eigenvalue weighted by Crippen LogP contribution is 2.21. The van der Waals surface area contributed by atoms with Gasteiger partial charge in [0.05, 0.1) is 0 Å². The van der Waals surface area contributed by atoms with Crippen LogP contribution in [0.2, 0.25) is 5.02 Å². The molecule has 1 aliphatic rings. The smallest absolute Gasteiger partial charge is 0.123 e. The van der Waals surface area contributed by atoms with E-state index in [1.54, 1.807) is 6.20 Å². The number of piperazine rings is 1. The Morgan fingerprint density at radius 2 is 1.90 bits per heavy atom. The summed E-state index contributed by atoms with van der Waals surface area (Å²) in [6.07, 6.45) is 1.77. The van der Waals surface area contributed by atoms with Crippen molar-refractivity contribution in [2.45, 2.75) is 6.54 Å². The van der Waals surface area contributed by atoms with E-state index in [4.69, 9.17) is 17.3 Å². The molecular weight excluding hydrogens is 284 g/mol. The van der Waals surface area contributed by atoms with Gasteiger partial charge in [-0.25, -0.2) is 4.98 Å². The zero-order valence-electron chi connectivity index (χ0n) is 11.9. The number of hydrogen-bond acceptors (Lipinski definition) is 4. The second-order valence-corrected chi connectivity index (χ2v) is 5.77. The molecule has 0 saturated carbocycles. The van der Waals surface area contributed by atoms with E-state index in [1.807, 2.05) is 30.3 Å². The monoisotopic (exact) mass is 302 g/mol. The fourth-order valence-electron chi connectivity index (χ4n) is 2.69. The molecule has 2 N–H and O–H groups in total. The molecule has 0 amide bonds. The molecule has 1 aliphatic heterocycles. The Kier molecular flexibility index (Phi) is 4.27. The zero-order valence-corrected chi connectivity index (χ0v) is 12.6. The third kappa shape index (κ3) is 3.65. The summed E-state index contributed by atoms with van der Waals surface area (Å²) in [5.74, 6) is 0.588. The van der Waals surface area contributed by atoms with E-state index in [2.05, 4.69) is 20.9 Å². The van der Waals surface area contributed by atoms with Crippen molar-refractivity contribution in [1.82, 2.24) is 9.88 Å². The molecular formula is C16H19ClN4. The van der Waals surface area contributed by atoms with Crippen LogP contribution in [0.5, 0.6) is 0 Å². The van der Waals surface area contributed by atoms with Crippen LogP contribution in [0.1, 0.15) is 5.56 Å². The molecule has 3 rings (SSSR count). The normalized spacial score (nSPS) is 16.1. The molecule has 5 heteroatoms. The predicted octanol–water partition coefficient (Wildman–Crippen LogP) is 2.64. The summed E-state index contributed by atoms with van der Waals surface area (Å²) in [5, 5.41) is 0.794. The van der Waals surface area contributed by atoms with E-state index < -0.39 is 0 Å². The minimum absolute atomic E-state index is 0.588. The number of halogens is 1. The molecule has 1 saturated heterocycles. The van der Waals surface area contributed by atoms with Crippen LogP contribution in [0.25, 0.3) is 0 Å². The number of pyridine rings is 1. The topological polar surface area (TPSA) is 45.4 Å². The molecule has 1 fully saturated rings. The standard InChI is InChI=1S/C16H19ClN4/c17-14-2-1-3-15(11-14)21-8-6-20(7-9-21)12-13-4-5-19-16(18)10-13/h1-5,10-11H,6-9,12H2,(H2,18,19). The maximum Gasteiger partial charge on any atom is 0.123 e. The lowest BCUT2D eigenvalue weighted by atomic mass is 10.2. The largest absolute Gasteiger partial charge is 0.384 e. The minimum atomic E-state index is 0.588. The summed E-state index contributed by atoms with van der Waals surface area (Å²) in [7, 11) is 0. The maximum atomic E-state index is 6.06. The molecule has 0 unspecified atom stereocenters. The average molecular weight is 303 g/mol. The maximum absolute atomic E-state index is 6.06. The summed E-state index contributed by atoms with van der Waals surface area (Å²) in [6.45, 7) is 5.03. The zero-order chi connectivity index (χ0) is 14.7. The van der Waals surface area contributed by atoms with E-state index >= 15 is 0 Å². The molecule has 1 aromatic carbocycles.